The Morgan fingerprint density at radius 1 is 1.56 bits per heavy atom. The Hall–Kier alpha value is -1.29. The van der Waals surface area contributed by atoms with Gasteiger partial charge in [0.1, 0.15) is 17.2 Å². The Morgan fingerprint density at radius 3 is 2.94 bits per heavy atom. The van der Waals surface area contributed by atoms with E-state index < -0.39 is 5.38 Å². The molecule has 0 aromatic carbocycles. The largest absolute Gasteiger partial charge is 0.488 e. The van der Waals surface area contributed by atoms with E-state index in [1.165, 1.54) is 0 Å². The SMILES string of the molecule is CC(Cl)C(=O)N1CCCC(Oc2ccncc2)C1. The molecule has 2 heterocycles. The van der Waals surface area contributed by atoms with E-state index in [1.807, 2.05) is 12.1 Å². The average Bonchev–Trinajstić information content (AvgIpc) is 2.39. The Morgan fingerprint density at radius 2 is 2.28 bits per heavy atom. The number of piperidine rings is 1. The predicted molar refractivity (Wildman–Crippen MR) is 69.8 cm³/mol. The maximum Gasteiger partial charge on any atom is 0.240 e. The summed E-state index contributed by atoms with van der Waals surface area (Å²) < 4.78 is 5.84. The summed E-state index contributed by atoms with van der Waals surface area (Å²) in [4.78, 5) is 17.6. The summed E-state index contributed by atoms with van der Waals surface area (Å²) in [5, 5.41) is -0.468. The smallest absolute Gasteiger partial charge is 0.240 e. The summed E-state index contributed by atoms with van der Waals surface area (Å²) in [5.74, 6) is 0.780. The molecule has 1 aliphatic heterocycles. The summed E-state index contributed by atoms with van der Waals surface area (Å²) in [7, 11) is 0. The van der Waals surface area contributed by atoms with Crippen molar-refractivity contribution in [1.29, 1.82) is 0 Å². The Bertz CT molecular complexity index is 397. The number of hydrogen-bond acceptors (Lipinski definition) is 3. The van der Waals surface area contributed by atoms with Crippen molar-refractivity contribution in [2.24, 2.45) is 0 Å². The molecule has 1 amide bonds. The van der Waals surface area contributed by atoms with Crippen LogP contribution in [-0.2, 0) is 4.79 Å². The second-order valence-corrected chi connectivity index (χ2v) is 5.12. The van der Waals surface area contributed by atoms with Crippen LogP contribution in [0.1, 0.15) is 19.8 Å². The third-order valence-corrected chi connectivity index (χ3v) is 3.17. The van der Waals surface area contributed by atoms with Crippen LogP contribution in [-0.4, -0.2) is 40.4 Å². The number of aromatic nitrogens is 1. The summed E-state index contributed by atoms with van der Waals surface area (Å²) >= 11 is 5.83. The number of halogens is 1. The molecule has 0 radical (unpaired) electrons. The lowest BCUT2D eigenvalue weighted by molar-refractivity contribution is -0.133. The molecule has 0 bridgehead atoms. The van der Waals surface area contributed by atoms with Gasteiger partial charge in [-0.3, -0.25) is 9.78 Å². The minimum absolute atomic E-state index is 0.0142. The van der Waals surface area contributed by atoms with Crippen LogP contribution in [0.5, 0.6) is 5.75 Å². The molecule has 4 nitrogen and oxygen atoms in total. The second-order valence-electron chi connectivity index (χ2n) is 4.47. The highest BCUT2D eigenvalue weighted by Gasteiger charge is 2.26. The number of rotatable bonds is 3. The lowest BCUT2D eigenvalue weighted by Crippen LogP contribution is -2.46. The highest BCUT2D eigenvalue weighted by atomic mass is 35.5. The van der Waals surface area contributed by atoms with Gasteiger partial charge in [-0.25, -0.2) is 0 Å². The molecule has 2 atom stereocenters. The first kappa shape index (κ1) is 13.1. The van der Waals surface area contributed by atoms with E-state index in [2.05, 4.69) is 4.98 Å². The van der Waals surface area contributed by atoms with Gasteiger partial charge in [0.2, 0.25) is 5.91 Å². The number of likely N-dealkylation sites (tertiary alicyclic amines) is 1. The molecule has 18 heavy (non-hydrogen) atoms. The zero-order valence-electron chi connectivity index (χ0n) is 10.4. The normalized spacial score (nSPS) is 21.4. The maximum atomic E-state index is 11.8. The van der Waals surface area contributed by atoms with Gasteiger partial charge in [0, 0.05) is 18.9 Å². The molecule has 1 fully saturated rings. The van der Waals surface area contributed by atoms with Crippen LogP contribution >= 0.6 is 11.6 Å². The molecule has 0 saturated carbocycles. The van der Waals surface area contributed by atoms with Crippen molar-refractivity contribution in [2.75, 3.05) is 13.1 Å². The zero-order valence-corrected chi connectivity index (χ0v) is 11.1. The minimum Gasteiger partial charge on any atom is -0.488 e. The molecular formula is C13H17ClN2O2. The average molecular weight is 269 g/mol. The van der Waals surface area contributed by atoms with Crippen LogP contribution in [0.15, 0.2) is 24.5 Å². The summed E-state index contributed by atoms with van der Waals surface area (Å²) in [6, 6.07) is 3.65. The van der Waals surface area contributed by atoms with Crippen LogP contribution in [0.25, 0.3) is 0 Å². The number of carbonyl (C=O) groups excluding carboxylic acids is 1. The van der Waals surface area contributed by atoms with Crippen LogP contribution in [0.3, 0.4) is 0 Å². The van der Waals surface area contributed by atoms with Crippen molar-refractivity contribution in [3.05, 3.63) is 24.5 Å². The molecule has 5 heteroatoms. The van der Waals surface area contributed by atoms with E-state index >= 15 is 0 Å². The van der Waals surface area contributed by atoms with E-state index in [1.54, 1.807) is 24.2 Å². The van der Waals surface area contributed by atoms with Crippen LogP contribution < -0.4 is 4.74 Å². The molecule has 1 saturated heterocycles. The van der Waals surface area contributed by atoms with Crippen LogP contribution in [0.2, 0.25) is 0 Å². The van der Waals surface area contributed by atoms with Crippen molar-refractivity contribution in [3.8, 4) is 5.75 Å². The molecule has 1 aromatic rings. The van der Waals surface area contributed by atoms with Gasteiger partial charge in [-0.1, -0.05) is 0 Å². The molecule has 0 spiro atoms. The molecule has 2 unspecified atom stereocenters. The highest BCUT2D eigenvalue weighted by molar-refractivity contribution is 6.30. The zero-order chi connectivity index (χ0) is 13.0. The van der Waals surface area contributed by atoms with Crippen LogP contribution in [0.4, 0.5) is 0 Å². The van der Waals surface area contributed by atoms with E-state index in [0.717, 1.165) is 25.1 Å². The first-order chi connectivity index (χ1) is 8.66. The first-order valence-corrected chi connectivity index (χ1v) is 6.60. The number of alkyl halides is 1. The summed E-state index contributed by atoms with van der Waals surface area (Å²) in [6.45, 7) is 3.08. The first-order valence-electron chi connectivity index (χ1n) is 6.16. The number of carbonyl (C=O) groups is 1. The highest BCUT2D eigenvalue weighted by Crippen LogP contribution is 2.18. The molecule has 1 aromatic heterocycles. The monoisotopic (exact) mass is 268 g/mol. The summed E-state index contributed by atoms with van der Waals surface area (Å²) in [5.41, 5.74) is 0. The van der Waals surface area contributed by atoms with Crippen molar-refractivity contribution in [3.63, 3.8) is 0 Å². The third kappa shape index (κ3) is 3.35. The van der Waals surface area contributed by atoms with Crippen molar-refractivity contribution in [2.45, 2.75) is 31.2 Å². The molecule has 0 N–H and O–H groups in total. The molecule has 0 aliphatic carbocycles. The second kappa shape index (κ2) is 6.05. The maximum absolute atomic E-state index is 11.8. The fraction of sp³-hybridized carbons (Fsp3) is 0.538. The molecule has 1 aliphatic rings. The van der Waals surface area contributed by atoms with E-state index in [-0.39, 0.29) is 12.0 Å². The Labute approximate surface area is 112 Å². The van der Waals surface area contributed by atoms with Gasteiger partial charge < -0.3 is 9.64 Å². The van der Waals surface area contributed by atoms with Gasteiger partial charge in [0.15, 0.2) is 0 Å². The number of pyridine rings is 1. The standard InChI is InChI=1S/C13H17ClN2O2/c1-10(14)13(17)16-8-2-3-12(9-16)18-11-4-6-15-7-5-11/h4-7,10,12H,2-3,8-9H2,1H3. The quantitative estimate of drug-likeness (QED) is 0.789. The fourth-order valence-electron chi connectivity index (χ4n) is 2.10. The van der Waals surface area contributed by atoms with Gasteiger partial charge in [0.25, 0.3) is 0 Å². The molecule has 2 rings (SSSR count). The minimum atomic E-state index is -0.468. The number of hydrogen-bond donors (Lipinski definition) is 0. The third-order valence-electron chi connectivity index (χ3n) is 2.98. The molecule has 98 valence electrons. The van der Waals surface area contributed by atoms with E-state index in [0.29, 0.717) is 6.54 Å². The predicted octanol–water partition coefficient (Wildman–Crippen LogP) is 2.08. The van der Waals surface area contributed by atoms with E-state index in [4.69, 9.17) is 16.3 Å². The van der Waals surface area contributed by atoms with Gasteiger partial charge >= 0.3 is 0 Å². The summed E-state index contributed by atoms with van der Waals surface area (Å²) in [6.07, 6.45) is 5.35. The van der Waals surface area contributed by atoms with E-state index in [9.17, 15) is 4.79 Å². The lowest BCUT2D eigenvalue weighted by atomic mass is 10.1. The van der Waals surface area contributed by atoms with Crippen LogP contribution in [0, 0.1) is 0 Å². The number of nitrogens with zero attached hydrogens (tertiary/aromatic N) is 2. The fourth-order valence-corrected chi connectivity index (χ4v) is 2.23. The van der Waals surface area contributed by atoms with Gasteiger partial charge in [-0.05, 0) is 31.9 Å². The van der Waals surface area contributed by atoms with Crippen molar-refractivity contribution >= 4 is 17.5 Å². The lowest BCUT2D eigenvalue weighted by Gasteiger charge is -2.33. The van der Waals surface area contributed by atoms with Gasteiger partial charge in [-0.2, -0.15) is 0 Å². The number of amides is 1. The van der Waals surface area contributed by atoms with Gasteiger partial charge in [0.05, 0.1) is 6.54 Å². The van der Waals surface area contributed by atoms with Crippen molar-refractivity contribution < 1.29 is 9.53 Å². The molecular weight excluding hydrogens is 252 g/mol. The topological polar surface area (TPSA) is 42.4 Å². The van der Waals surface area contributed by atoms with Gasteiger partial charge in [-0.15, -0.1) is 11.6 Å². The Balaban J connectivity index is 1.93. The van der Waals surface area contributed by atoms with Crippen molar-refractivity contribution in [1.82, 2.24) is 9.88 Å². The number of ether oxygens (including phenoxy) is 1. The Kier molecular flexibility index (Phi) is 4.42.